The van der Waals surface area contributed by atoms with E-state index in [1.54, 1.807) is 11.7 Å². The van der Waals surface area contributed by atoms with E-state index in [-0.39, 0.29) is 11.9 Å². The predicted molar refractivity (Wildman–Crippen MR) is 72.1 cm³/mol. The van der Waals surface area contributed by atoms with Gasteiger partial charge in [-0.05, 0) is 25.7 Å². The summed E-state index contributed by atoms with van der Waals surface area (Å²) >= 11 is 0. The summed E-state index contributed by atoms with van der Waals surface area (Å²) in [6.45, 7) is 2.29. The van der Waals surface area contributed by atoms with E-state index in [1.807, 2.05) is 20.2 Å². The molecule has 1 aliphatic rings. The normalized spacial score (nSPS) is 15.8. The Morgan fingerprint density at radius 1 is 1.60 bits per heavy atom. The second kappa shape index (κ2) is 5.52. The van der Waals surface area contributed by atoms with E-state index in [0.717, 1.165) is 24.1 Å². The van der Waals surface area contributed by atoms with Gasteiger partial charge >= 0.3 is 12.0 Å². The molecular weight excluding hydrogens is 260 g/mol. The highest BCUT2D eigenvalue weighted by molar-refractivity contribution is 5.83. The third-order valence-corrected chi connectivity index (χ3v) is 3.51. The van der Waals surface area contributed by atoms with Gasteiger partial charge in [0.25, 0.3) is 0 Å². The van der Waals surface area contributed by atoms with Gasteiger partial charge in [0.15, 0.2) is 0 Å². The average Bonchev–Trinajstić information content (AvgIpc) is 3.13. The van der Waals surface area contributed by atoms with Gasteiger partial charge in [0.2, 0.25) is 0 Å². The molecule has 1 aromatic heterocycles. The number of carbonyl (C=O) groups excluding carboxylic acids is 1. The van der Waals surface area contributed by atoms with Crippen LogP contribution in [0.25, 0.3) is 0 Å². The Morgan fingerprint density at radius 2 is 2.25 bits per heavy atom. The van der Waals surface area contributed by atoms with Gasteiger partial charge < -0.3 is 15.3 Å². The molecule has 0 aromatic carbocycles. The lowest BCUT2D eigenvalue weighted by Gasteiger charge is -2.21. The first-order chi connectivity index (χ1) is 9.38. The summed E-state index contributed by atoms with van der Waals surface area (Å²) in [5, 5.41) is 15.9. The van der Waals surface area contributed by atoms with Gasteiger partial charge in [-0.15, -0.1) is 0 Å². The molecule has 110 valence electrons. The van der Waals surface area contributed by atoms with Crippen LogP contribution in [0, 0.1) is 12.8 Å². The Labute approximate surface area is 117 Å². The van der Waals surface area contributed by atoms with Crippen LogP contribution in [-0.4, -0.2) is 44.9 Å². The van der Waals surface area contributed by atoms with E-state index in [0.29, 0.717) is 6.54 Å². The number of aryl methyl sites for hydroxylation is 2. The number of aromatic nitrogens is 2. The summed E-state index contributed by atoms with van der Waals surface area (Å²) in [6.07, 6.45) is 3.58. The minimum atomic E-state index is -0.966. The van der Waals surface area contributed by atoms with Gasteiger partial charge in [0.05, 0.1) is 12.2 Å². The number of urea groups is 1. The van der Waals surface area contributed by atoms with E-state index in [4.69, 9.17) is 5.11 Å². The highest BCUT2D eigenvalue weighted by Crippen LogP contribution is 2.32. The SMILES string of the molecule is Cc1nn(C)cc1CN(C)C(=O)N[C@H](C(=O)O)C1CC1. The topological polar surface area (TPSA) is 87.5 Å². The summed E-state index contributed by atoms with van der Waals surface area (Å²) in [4.78, 5) is 24.6. The van der Waals surface area contributed by atoms with Crippen LogP contribution in [0.4, 0.5) is 4.79 Å². The summed E-state index contributed by atoms with van der Waals surface area (Å²) in [5.41, 5.74) is 1.81. The van der Waals surface area contributed by atoms with E-state index >= 15 is 0 Å². The number of carbonyl (C=O) groups is 2. The first-order valence-corrected chi connectivity index (χ1v) is 6.62. The molecule has 7 nitrogen and oxygen atoms in total. The molecule has 2 rings (SSSR count). The lowest BCUT2D eigenvalue weighted by molar-refractivity contribution is -0.139. The molecule has 20 heavy (non-hydrogen) atoms. The molecule has 1 fully saturated rings. The predicted octanol–water partition coefficient (Wildman–Crippen LogP) is 0.733. The van der Waals surface area contributed by atoms with Crippen molar-refractivity contribution in [3.63, 3.8) is 0 Å². The first kappa shape index (κ1) is 14.4. The van der Waals surface area contributed by atoms with Crippen molar-refractivity contribution in [1.82, 2.24) is 20.0 Å². The average molecular weight is 280 g/mol. The van der Waals surface area contributed by atoms with Crippen LogP contribution in [-0.2, 0) is 18.4 Å². The van der Waals surface area contributed by atoms with Crippen molar-refractivity contribution in [3.8, 4) is 0 Å². The number of amides is 2. The number of nitrogens with zero attached hydrogens (tertiary/aromatic N) is 3. The molecule has 1 heterocycles. The molecule has 2 N–H and O–H groups in total. The fourth-order valence-corrected chi connectivity index (χ4v) is 2.19. The molecule has 0 radical (unpaired) electrons. The third kappa shape index (κ3) is 3.28. The number of rotatable bonds is 5. The van der Waals surface area contributed by atoms with Gasteiger partial charge in [-0.3, -0.25) is 4.68 Å². The first-order valence-electron chi connectivity index (χ1n) is 6.62. The van der Waals surface area contributed by atoms with Gasteiger partial charge in [0.1, 0.15) is 6.04 Å². The van der Waals surface area contributed by atoms with Crippen molar-refractivity contribution >= 4 is 12.0 Å². The fraction of sp³-hybridized carbons (Fsp3) is 0.615. The largest absolute Gasteiger partial charge is 0.480 e. The Kier molecular flexibility index (Phi) is 3.96. The fourth-order valence-electron chi connectivity index (χ4n) is 2.19. The highest BCUT2D eigenvalue weighted by atomic mass is 16.4. The zero-order valence-corrected chi connectivity index (χ0v) is 12.0. The Hall–Kier alpha value is -2.05. The number of nitrogens with one attached hydrogen (secondary N) is 1. The van der Waals surface area contributed by atoms with Crippen molar-refractivity contribution in [1.29, 1.82) is 0 Å². The Morgan fingerprint density at radius 3 is 2.70 bits per heavy atom. The van der Waals surface area contributed by atoms with E-state index < -0.39 is 12.0 Å². The number of carboxylic acid groups (broad SMARTS) is 1. The molecule has 7 heteroatoms. The second-order valence-electron chi connectivity index (χ2n) is 5.37. The van der Waals surface area contributed by atoms with E-state index in [9.17, 15) is 9.59 Å². The molecular formula is C13H20N4O3. The number of hydrogen-bond acceptors (Lipinski definition) is 3. The maximum absolute atomic E-state index is 12.0. The highest BCUT2D eigenvalue weighted by Gasteiger charge is 2.37. The van der Waals surface area contributed by atoms with Crippen molar-refractivity contribution in [2.75, 3.05) is 7.05 Å². The Bertz CT molecular complexity index is 522. The molecule has 1 saturated carbocycles. The van der Waals surface area contributed by atoms with E-state index in [1.165, 1.54) is 4.90 Å². The summed E-state index contributed by atoms with van der Waals surface area (Å²) in [5.74, 6) is -0.892. The van der Waals surface area contributed by atoms with Crippen molar-refractivity contribution < 1.29 is 14.7 Å². The maximum Gasteiger partial charge on any atom is 0.326 e. The quantitative estimate of drug-likeness (QED) is 0.832. The van der Waals surface area contributed by atoms with Crippen LogP contribution in [0.5, 0.6) is 0 Å². The van der Waals surface area contributed by atoms with Crippen LogP contribution >= 0.6 is 0 Å². The zero-order chi connectivity index (χ0) is 14.9. The number of aliphatic carboxylic acids is 1. The maximum atomic E-state index is 12.0. The second-order valence-corrected chi connectivity index (χ2v) is 5.37. The molecule has 0 unspecified atom stereocenters. The van der Waals surface area contributed by atoms with Crippen LogP contribution < -0.4 is 5.32 Å². The monoisotopic (exact) mass is 280 g/mol. The number of hydrogen-bond donors (Lipinski definition) is 2. The smallest absolute Gasteiger partial charge is 0.326 e. The van der Waals surface area contributed by atoms with Gasteiger partial charge in [0, 0.05) is 25.9 Å². The molecule has 0 spiro atoms. The molecule has 0 aliphatic heterocycles. The van der Waals surface area contributed by atoms with Crippen molar-refractivity contribution in [3.05, 3.63) is 17.5 Å². The minimum absolute atomic E-state index is 0.0741. The van der Waals surface area contributed by atoms with Crippen LogP contribution in [0.15, 0.2) is 6.20 Å². The van der Waals surface area contributed by atoms with E-state index in [2.05, 4.69) is 10.4 Å². The Balaban J connectivity index is 1.94. The zero-order valence-electron chi connectivity index (χ0n) is 12.0. The van der Waals surface area contributed by atoms with Crippen LogP contribution in [0.2, 0.25) is 0 Å². The lowest BCUT2D eigenvalue weighted by Crippen LogP contribution is -2.47. The van der Waals surface area contributed by atoms with Gasteiger partial charge in [-0.1, -0.05) is 0 Å². The molecule has 0 bridgehead atoms. The molecule has 2 amide bonds. The molecule has 1 atom stereocenters. The summed E-state index contributed by atoms with van der Waals surface area (Å²) in [7, 11) is 3.47. The molecule has 0 saturated heterocycles. The van der Waals surface area contributed by atoms with Crippen molar-refractivity contribution in [2.24, 2.45) is 13.0 Å². The van der Waals surface area contributed by atoms with Gasteiger partial charge in [-0.2, -0.15) is 5.10 Å². The van der Waals surface area contributed by atoms with Crippen molar-refractivity contribution in [2.45, 2.75) is 32.4 Å². The molecule has 1 aromatic rings. The van der Waals surface area contributed by atoms with Crippen LogP contribution in [0.3, 0.4) is 0 Å². The third-order valence-electron chi connectivity index (χ3n) is 3.51. The lowest BCUT2D eigenvalue weighted by atomic mass is 10.2. The minimum Gasteiger partial charge on any atom is -0.480 e. The summed E-state index contributed by atoms with van der Waals surface area (Å²) in [6, 6.07) is -1.15. The van der Waals surface area contributed by atoms with Crippen LogP contribution in [0.1, 0.15) is 24.1 Å². The summed E-state index contributed by atoms with van der Waals surface area (Å²) < 4.78 is 1.70. The van der Waals surface area contributed by atoms with Gasteiger partial charge in [-0.25, -0.2) is 9.59 Å². The number of carboxylic acids is 1. The standard InChI is InChI=1S/C13H20N4O3/c1-8-10(7-17(3)15-8)6-16(2)13(20)14-11(12(18)19)9-4-5-9/h7,9,11H,4-6H2,1-3H3,(H,14,20)(H,18,19)/t11-/m0/s1. The molecule has 1 aliphatic carbocycles.